The van der Waals surface area contributed by atoms with Gasteiger partial charge in [-0.15, -0.1) is 0 Å². The summed E-state index contributed by atoms with van der Waals surface area (Å²) in [6.45, 7) is 1.66. The van der Waals surface area contributed by atoms with Crippen LogP contribution in [0.5, 0.6) is 0 Å². The Labute approximate surface area is 125 Å². The lowest BCUT2D eigenvalue weighted by Gasteiger charge is -2.04. The number of hydrogen-bond donors (Lipinski definition) is 2. The molecule has 2 N–H and O–H groups in total. The van der Waals surface area contributed by atoms with Crippen molar-refractivity contribution in [3.63, 3.8) is 0 Å². The highest BCUT2D eigenvalue weighted by Crippen LogP contribution is 2.15. The van der Waals surface area contributed by atoms with E-state index in [1.54, 1.807) is 13.0 Å². The number of nitrogens with one attached hydrogen (secondary N) is 2. The molecule has 22 heavy (non-hydrogen) atoms. The van der Waals surface area contributed by atoms with Crippen molar-refractivity contribution in [3.8, 4) is 6.07 Å². The molecule has 0 saturated heterocycles. The van der Waals surface area contributed by atoms with Gasteiger partial charge in [0.1, 0.15) is 11.6 Å². The van der Waals surface area contributed by atoms with Gasteiger partial charge in [0.2, 0.25) is 0 Å². The largest absolute Gasteiger partial charge is 0.450 e. The van der Waals surface area contributed by atoms with E-state index in [1.165, 1.54) is 24.3 Å². The predicted molar refractivity (Wildman–Crippen MR) is 75.6 cm³/mol. The van der Waals surface area contributed by atoms with E-state index in [2.05, 4.69) is 10.1 Å². The normalized spacial score (nSPS) is 10.3. The maximum atomic E-state index is 11.6. The highest BCUT2D eigenvalue weighted by molar-refractivity contribution is 6.05. The van der Waals surface area contributed by atoms with Gasteiger partial charge in [-0.1, -0.05) is 0 Å². The number of carbonyl (C=O) groups is 2. The van der Waals surface area contributed by atoms with Crippen molar-refractivity contribution in [2.75, 3.05) is 11.9 Å². The second-order valence-corrected chi connectivity index (χ2v) is 3.79. The molecule has 9 nitrogen and oxygen atoms in total. The van der Waals surface area contributed by atoms with E-state index >= 15 is 0 Å². The number of amides is 2. The fourth-order valence-electron chi connectivity index (χ4n) is 1.31. The van der Waals surface area contributed by atoms with E-state index in [4.69, 9.17) is 5.26 Å². The second kappa shape index (κ2) is 8.01. The minimum atomic E-state index is -0.955. The number of carbonyl (C=O) groups excluding carboxylic acids is 2. The highest BCUT2D eigenvalue weighted by Gasteiger charge is 2.13. The van der Waals surface area contributed by atoms with Gasteiger partial charge in [-0.3, -0.25) is 20.2 Å². The van der Waals surface area contributed by atoms with Gasteiger partial charge in [0.15, 0.2) is 0 Å². The molecule has 2 amide bonds. The minimum absolute atomic E-state index is 0.0879. The first kappa shape index (κ1) is 16.6. The third kappa shape index (κ3) is 4.93. The third-order valence-corrected chi connectivity index (χ3v) is 2.32. The Hall–Kier alpha value is -3.41. The molecule has 0 fully saturated rings. The summed E-state index contributed by atoms with van der Waals surface area (Å²) in [7, 11) is 0. The Kier molecular flexibility index (Phi) is 6.06. The van der Waals surface area contributed by atoms with Crippen LogP contribution >= 0.6 is 0 Å². The summed E-state index contributed by atoms with van der Waals surface area (Å²) in [5, 5.41) is 23.9. The molecule has 0 aliphatic heterocycles. The molecule has 0 aliphatic carbocycles. The van der Waals surface area contributed by atoms with Crippen LogP contribution in [0.25, 0.3) is 0 Å². The summed E-state index contributed by atoms with van der Waals surface area (Å²) >= 11 is 0. The van der Waals surface area contributed by atoms with Gasteiger partial charge in [0, 0.05) is 24.0 Å². The Bertz CT molecular complexity index is 645. The molecule has 0 heterocycles. The standard InChI is InChI=1S/C13H12N4O5/c1-2-22-13(19)16-12(18)9(7-14)8-15-10-3-5-11(6-4-10)17(20)21/h3-6,8,15H,2H2,1H3,(H,16,18,19). The van der Waals surface area contributed by atoms with Crippen LogP contribution in [0.2, 0.25) is 0 Å². The lowest BCUT2D eigenvalue weighted by atomic mass is 10.2. The fraction of sp³-hybridized carbons (Fsp3) is 0.154. The minimum Gasteiger partial charge on any atom is -0.450 e. The van der Waals surface area contributed by atoms with Crippen LogP contribution in [0.1, 0.15) is 6.92 Å². The number of anilines is 1. The summed E-state index contributed by atoms with van der Waals surface area (Å²) < 4.78 is 4.51. The molecule has 114 valence electrons. The summed E-state index contributed by atoms with van der Waals surface area (Å²) in [6, 6.07) is 6.97. The van der Waals surface area contributed by atoms with Crippen LogP contribution in [0.3, 0.4) is 0 Å². The first-order valence-corrected chi connectivity index (χ1v) is 6.07. The maximum absolute atomic E-state index is 11.6. The van der Waals surface area contributed by atoms with Gasteiger partial charge in [0.25, 0.3) is 11.6 Å². The number of nitro groups is 1. The summed E-state index contributed by atoms with van der Waals surface area (Å²) in [5.74, 6) is -0.921. The van der Waals surface area contributed by atoms with E-state index in [0.29, 0.717) is 5.69 Å². The van der Waals surface area contributed by atoms with Gasteiger partial charge < -0.3 is 10.1 Å². The number of nitrogens with zero attached hydrogens (tertiary/aromatic N) is 2. The van der Waals surface area contributed by atoms with Crippen molar-refractivity contribution in [3.05, 3.63) is 46.2 Å². The third-order valence-electron chi connectivity index (χ3n) is 2.32. The number of rotatable bonds is 5. The molecule has 1 rings (SSSR count). The maximum Gasteiger partial charge on any atom is 0.414 e. The zero-order chi connectivity index (χ0) is 16.5. The van der Waals surface area contributed by atoms with Crippen molar-refractivity contribution < 1.29 is 19.2 Å². The van der Waals surface area contributed by atoms with Crippen LogP contribution in [-0.4, -0.2) is 23.5 Å². The van der Waals surface area contributed by atoms with Crippen molar-refractivity contribution in [1.82, 2.24) is 5.32 Å². The lowest BCUT2D eigenvalue weighted by molar-refractivity contribution is -0.384. The lowest BCUT2D eigenvalue weighted by Crippen LogP contribution is -2.32. The predicted octanol–water partition coefficient (Wildman–Crippen LogP) is 1.69. The smallest absolute Gasteiger partial charge is 0.414 e. The number of nitriles is 1. The van der Waals surface area contributed by atoms with Crippen LogP contribution in [0, 0.1) is 21.4 Å². The van der Waals surface area contributed by atoms with Crippen LogP contribution in [0.4, 0.5) is 16.2 Å². The number of alkyl carbamates (subject to hydrolysis) is 1. The SMILES string of the molecule is CCOC(=O)NC(=O)C(C#N)=CNc1ccc([N+](=O)[O-])cc1. The van der Waals surface area contributed by atoms with Gasteiger partial charge in [0.05, 0.1) is 11.5 Å². The van der Waals surface area contributed by atoms with E-state index in [-0.39, 0.29) is 17.9 Å². The van der Waals surface area contributed by atoms with E-state index in [1.807, 2.05) is 5.32 Å². The molecule has 0 bridgehead atoms. The fourth-order valence-corrected chi connectivity index (χ4v) is 1.31. The molecule has 1 aromatic rings. The molecule has 9 heteroatoms. The molecular weight excluding hydrogens is 292 g/mol. The van der Waals surface area contributed by atoms with Gasteiger partial charge in [-0.25, -0.2) is 4.79 Å². The number of nitro benzene ring substituents is 1. The first-order chi connectivity index (χ1) is 10.5. The molecule has 1 aromatic carbocycles. The zero-order valence-corrected chi connectivity index (χ0v) is 11.5. The van der Waals surface area contributed by atoms with Crippen LogP contribution in [0.15, 0.2) is 36.0 Å². The van der Waals surface area contributed by atoms with Crippen LogP contribution < -0.4 is 10.6 Å². The van der Waals surface area contributed by atoms with Gasteiger partial charge >= 0.3 is 6.09 Å². The molecule has 0 radical (unpaired) electrons. The number of hydrogen-bond acceptors (Lipinski definition) is 7. The number of non-ortho nitro benzene ring substituents is 1. The highest BCUT2D eigenvalue weighted by atomic mass is 16.6. The zero-order valence-electron chi connectivity index (χ0n) is 11.5. The molecular formula is C13H12N4O5. The van der Waals surface area contributed by atoms with E-state index in [9.17, 15) is 19.7 Å². The Balaban J connectivity index is 2.73. The van der Waals surface area contributed by atoms with Crippen molar-refractivity contribution in [1.29, 1.82) is 5.26 Å². The van der Waals surface area contributed by atoms with E-state index < -0.39 is 16.9 Å². The Morgan fingerprint density at radius 2 is 2.05 bits per heavy atom. The van der Waals surface area contributed by atoms with E-state index in [0.717, 1.165) is 6.20 Å². The van der Waals surface area contributed by atoms with Gasteiger partial charge in [-0.2, -0.15) is 5.26 Å². The topological polar surface area (TPSA) is 134 Å². The van der Waals surface area contributed by atoms with Crippen molar-refractivity contribution >= 4 is 23.4 Å². The Morgan fingerprint density at radius 3 is 2.55 bits per heavy atom. The average Bonchev–Trinajstić information content (AvgIpc) is 2.48. The van der Waals surface area contributed by atoms with Gasteiger partial charge in [-0.05, 0) is 19.1 Å². The summed E-state index contributed by atoms with van der Waals surface area (Å²) in [4.78, 5) is 32.6. The molecule has 0 aromatic heterocycles. The quantitative estimate of drug-likeness (QED) is 0.365. The number of imide groups is 1. The summed E-state index contributed by atoms with van der Waals surface area (Å²) in [5.41, 5.74) is -0.0104. The van der Waals surface area contributed by atoms with Crippen molar-refractivity contribution in [2.45, 2.75) is 6.92 Å². The monoisotopic (exact) mass is 304 g/mol. The first-order valence-electron chi connectivity index (χ1n) is 6.07. The number of benzene rings is 1. The van der Waals surface area contributed by atoms with Crippen LogP contribution in [-0.2, 0) is 9.53 Å². The summed E-state index contributed by atoms with van der Waals surface area (Å²) in [6.07, 6.45) is 0.124. The second-order valence-electron chi connectivity index (χ2n) is 3.79. The molecule has 0 spiro atoms. The molecule has 0 unspecified atom stereocenters. The molecule has 0 atom stereocenters. The number of ether oxygens (including phenoxy) is 1. The average molecular weight is 304 g/mol. The molecule has 0 aliphatic rings. The Morgan fingerprint density at radius 1 is 1.41 bits per heavy atom. The van der Waals surface area contributed by atoms with Crippen molar-refractivity contribution in [2.24, 2.45) is 0 Å². The molecule has 0 saturated carbocycles.